The zero-order valence-electron chi connectivity index (χ0n) is 7.57. The molecule has 0 amide bonds. The third kappa shape index (κ3) is 3.14. The zero-order valence-corrected chi connectivity index (χ0v) is 8.32. The van der Waals surface area contributed by atoms with E-state index in [0.29, 0.717) is 5.02 Å². The molecule has 1 aromatic rings. The molecule has 0 aliphatic carbocycles. The van der Waals surface area contributed by atoms with Crippen LogP contribution in [0.4, 0.5) is 5.69 Å². The van der Waals surface area contributed by atoms with Crippen molar-refractivity contribution < 1.29 is 19.4 Å². The van der Waals surface area contributed by atoms with Gasteiger partial charge in [0.1, 0.15) is 0 Å². The molecule has 0 atom stereocenters. The number of aliphatic carboxylic acids is 1. The second-order valence-electron chi connectivity index (χ2n) is 2.70. The number of halogens is 1. The van der Waals surface area contributed by atoms with Gasteiger partial charge in [0, 0.05) is 10.7 Å². The van der Waals surface area contributed by atoms with Crippen molar-refractivity contribution in [3.8, 4) is 0 Å². The molecule has 1 aromatic carbocycles. The van der Waals surface area contributed by atoms with Gasteiger partial charge in [-0.3, -0.25) is 0 Å². The normalized spacial score (nSPS) is 9.67. The summed E-state index contributed by atoms with van der Waals surface area (Å²) >= 11 is 5.64. The number of hydrogen-bond acceptors (Lipinski definition) is 4. The van der Waals surface area contributed by atoms with E-state index in [4.69, 9.17) is 22.4 Å². The van der Waals surface area contributed by atoms with Crippen molar-refractivity contribution >= 4 is 29.2 Å². The summed E-state index contributed by atoms with van der Waals surface area (Å²) in [5.74, 6) is -2.04. The van der Waals surface area contributed by atoms with Crippen LogP contribution < -0.4 is 5.73 Å². The van der Waals surface area contributed by atoms with E-state index in [-0.39, 0.29) is 11.3 Å². The van der Waals surface area contributed by atoms with Crippen LogP contribution in [0.3, 0.4) is 0 Å². The first-order valence-corrected chi connectivity index (χ1v) is 4.32. The highest BCUT2D eigenvalue weighted by molar-refractivity contribution is 6.31. The van der Waals surface area contributed by atoms with Gasteiger partial charge in [0.15, 0.2) is 6.61 Å². The molecule has 0 bridgehead atoms. The molecule has 0 saturated heterocycles. The van der Waals surface area contributed by atoms with E-state index in [2.05, 4.69) is 4.74 Å². The van der Waals surface area contributed by atoms with Gasteiger partial charge in [-0.15, -0.1) is 0 Å². The predicted molar refractivity (Wildman–Crippen MR) is 53.8 cm³/mol. The Balaban J connectivity index is 2.81. The van der Waals surface area contributed by atoms with E-state index >= 15 is 0 Å². The fraction of sp³-hybridized carbons (Fsp3) is 0.111. The van der Waals surface area contributed by atoms with E-state index in [1.807, 2.05) is 0 Å². The molecule has 3 N–H and O–H groups in total. The Kier molecular flexibility index (Phi) is 3.51. The average molecular weight is 230 g/mol. The Morgan fingerprint density at radius 2 is 2.13 bits per heavy atom. The summed E-state index contributed by atoms with van der Waals surface area (Å²) < 4.78 is 4.45. The lowest BCUT2D eigenvalue weighted by atomic mass is 10.2. The van der Waals surface area contributed by atoms with Gasteiger partial charge < -0.3 is 15.6 Å². The lowest BCUT2D eigenvalue weighted by Crippen LogP contribution is -2.14. The highest BCUT2D eigenvalue weighted by Crippen LogP contribution is 2.18. The first kappa shape index (κ1) is 11.3. The van der Waals surface area contributed by atoms with Gasteiger partial charge in [0.25, 0.3) is 0 Å². The van der Waals surface area contributed by atoms with Crippen molar-refractivity contribution in [2.24, 2.45) is 0 Å². The van der Waals surface area contributed by atoms with Crippen molar-refractivity contribution in [2.45, 2.75) is 0 Å². The average Bonchev–Trinajstić information content (AvgIpc) is 2.18. The van der Waals surface area contributed by atoms with Crippen LogP contribution in [0, 0.1) is 0 Å². The maximum absolute atomic E-state index is 11.3. The van der Waals surface area contributed by atoms with Crippen LogP contribution >= 0.6 is 11.6 Å². The molecule has 15 heavy (non-hydrogen) atoms. The molecule has 0 fully saturated rings. The van der Waals surface area contributed by atoms with Crippen molar-refractivity contribution in [1.82, 2.24) is 0 Å². The molecule has 0 aliphatic rings. The van der Waals surface area contributed by atoms with E-state index in [1.54, 1.807) is 0 Å². The molecular formula is C9H8ClNO4. The molecule has 0 aromatic heterocycles. The molecule has 0 aliphatic heterocycles. The van der Waals surface area contributed by atoms with E-state index in [0.717, 1.165) is 0 Å². The number of benzene rings is 1. The van der Waals surface area contributed by atoms with Gasteiger partial charge in [0.05, 0.1) is 5.56 Å². The van der Waals surface area contributed by atoms with Gasteiger partial charge in [-0.2, -0.15) is 0 Å². The standard InChI is InChI=1S/C9H8ClNO4/c10-5-1-2-7(11)6(3-5)9(14)15-4-8(12)13/h1-3H,4,11H2,(H,12,13). The minimum Gasteiger partial charge on any atom is -0.479 e. The monoisotopic (exact) mass is 229 g/mol. The molecule has 0 heterocycles. The Labute approximate surface area is 90.4 Å². The second-order valence-corrected chi connectivity index (χ2v) is 3.14. The van der Waals surface area contributed by atoms with E-state index in [9.17, 15) is 9.59 Å². The molecule has 6 heteroatoms. The van der Waals surface area contributed by atoms with Gasteiger partial charge >= 0.3 is 11.9 Å². The first-order chi connectivity index (χ1) is 7.00. The molecule has 1 rings (SSSR count). The quantitative estimate of drug-likeness (QED) is 0.600. The maximum Gasteiger partial charge on any atom is 0.341 e. The predicted octanol–water partition coefficient (Wildman–Crippen LogP) is 1.16. The van der Waals surface area contributed by atoms with Crippen LogP contribution in [0.5, 0.6) is 0 Å². The summed E-state index contributed by atoms with van der Waals surface area (Å²) in [6, 6.07) is 4.28. The number of carbonyl (C=O) groups is 2. The lowest BCUT2D eigenvalue weighted by molar-refractivity contribution is -0.140. The summed E-state index contributed by atoms with van der Waals surface area (Å²) in [6.45, 7) is -0.704. The number of carboxylic acid groups (broad SMARTS) is 1. The van der Waals surface area contributed by atoms with Gasteiger partial charge in [-0.05, 0) is 18.2 Å². The Morgan fingerprint density at radius 3 is 2.73 bits per heavy atom. The summed E-state index contributed by atoms with van der Waals surface area (Å²) in [5, 5.41) is 8.62. The maximum atomic E-state index is 11.3. The highest BCUT2D eigenvalue weighted by atomic mass is 35.5. The van der Waals surface area contributed by atoms with Crippen LogP contribution in [0.25, 0.3) is 0 Å². The number of esters is 1. The molecule has 0 spiro atoms. The fourth-order valence-electron chi connectivity index (χ4n) is 0.910. The first-order valence-electron chi connectivity index (χ1n) is 3.94. The van der Waals surface area contributed by atoms with Gasteiger partial charge in [-0.25, -0.2) is 9.59 Å². The summed E-state index contributed by atoms with van der Waals surface area (Å²) in [7, 11) is 0. The van der Waals surface area contributed by atoms with Crippen molar-refractivity contribution in [3.63, 3.8) is 0 Å². The van der Waals surface area contributed by atoms with Crippen LogP contribution in [0.1, 0.15) is 10.4 Å². The van der Waals surface area contributed by atoms with Crippen molar-refractivity contribution in [1.29, 1.82) is 0 Å². The van der Waals surface area contributed by atoms with Crippen LogP contribution in [-0.2, 0) is 9.53 Å². The number of carboxylic acids is 1. The van der Waals surface area contributed by atoms with Gasteiger partial charge in [-0.1, -0.05) is 11.6 Å². The second kappa shape index (κ2) is 4.65. The molecule has 0 saturated carbocycles. The van der Waals surface area contributed by atoms with Crippen molar-refractivity contribution in [3.05, 3.63) is 28.8 Å². The SMILES string of the molecule is Nc1ccc(Cl)cc1C(=O)OCC(=O)O. The molecular weight excluding hydrogens is 222 g/mol. The van der Waals surface area contributed by atoms with Gasteiger partial charge in [0.2, 0.25) is 0 Å². The van der Waals surface area contributed by atoms with Crippen molar-refractivity contribution in [2.75, 3.05) is 12.3 Å². The zero-order chi connectivity index (χ0) is 11.4. The number of nitrogen functional groups attached to an aromatic ring is 1. The number of ether oxygens (including phenoxy) is 1. The summed E-state index contributed by atoms with van der Waals surface area (Å²) in [4.78, 5) is 21.5. The number of rotatable bonds is 3. The van der Waals surface area contributed by atoms with Crippen LogP contribution in [0.15, 0.2) is 18.2 Å². The molecule has 0 unspecified atom stereocenters. The van der Waals surface area contributed by atoms with E-state index < -0.39 is 18.5 Å². The minimum atomic E-state index is -1.23. The van der Waals surface area contributed by atoms with Crippen LogP contribution in [-0.4, -0.2) is 23.7 Å². The minimum absolute atomic E-state index is 0.0590. The molecule has 0 radical (unpaired) electrons. The molecule has 5 nitrogen and oxygen atoms in total. The third-order valence-electron chi connectivity index (χ3n) is 1.56. The summed E-state index contributed by atoms with van der Waals surface area (Å²) in [5.41, 5.74) is 5.74. The Bertz CT molecular complexity index is 405. The Morgan fingerprint density at radius 1 is 1.47 bits per heavy atom. The number of hydrogen-bond donors (Lipinski definition) is 2. The fourth-order valence-corrected chi connectivity index (χ4v) is 1.08. The van der Waals surface area contributed by atoms with Crippen LogP contribution in [0.2, 0.25) is 5.02 Å². The smallest absolute Gasteiger partial charge is 0.341 e. The largest absolute Gasteiger partial charge is 0.479 e. The number of anilines is 1. The Hall–Kier alpha value is -1.75. The lowest BCUT2D eigenvalue weighted by Gasteiger charge is -2.05. The summed E-state index contributed by atoms with van der Waals surface area (Å²) in [6.07, 6.45) is 0. The third-order valence-corrected chi connectivity index (χ3v) is 1.80. The molecule has 80 valence electrons. The van der Waals surface area contributed by atoms with E-state index in [1.165, 1.54) is 18.2 Å². The topological polar surface area (TPSA) is 89.6 Å². The highest BCUT2D eigenvalue weighted by Gasteiger charge is 2.13. The number of nitrogens with two attached hydrogens (primary N) is 1. The number of carbonyl (C=O) groups excluding carboxylic acids is 1.